The molecule has 1 amide bonds. The van der Waals surface area contributed by atoms with Crippen molar-refractivity contribution in [1.29, 1.82) is 0 Å². The zero-order valence-electron chi connectivity index (χ0n) is 11.6. The number of rotatable bonds is 8. The summed E-state index contributed by atoms with van der Waals surface area (Å²) in [5, 5.41) is 2.65. The molecule has 2 N–H and O–H groups in total. The molecule has 0 saturated heterocycles. The van der Waals surface area contributed by atoms with Crippen molar-refractivity contribution in [3.05, 3.63) is 30.3 Å². The van der Waals surface area contributed by atoms with E-state index < -0.39 is 16.1 Å². The van der Waals surface area contributed by atoms with Crippen molar-refractivity contribution in [2.45, 2.75) is 24.3 Å². The molecule has 7 heteroatoms. The lowest BCUT2D eigenvalue weighted by molar-refractivity contribution is -0.122. The van der Waals surface area contributed by atoms with E-state index in [4.69, 9.17) is 4.74 Å². The molecule has 0 fully saturated rings. The van der Waals surface area contributed by atoms with Crippen LogP contribution in [0.4, 0.5) is 0 Å². The van der Waals surface area contributed by atoms with Crippen LogP contribution in [0.25, 0.3) is 0 Å². The average Bonchev–Trinajstić information content (AvgIpc) is 2.44. The van der Waals surface area contributed by atoms with E-state index >= 15 is 0 Å². The van der Waals surface area contributed by atoms with Gasteiger partial charge >= 0.3 is 0 Å². The predicted octanol–water partition coefficient (Wildman–Crippen LogP) is 0.506. The Morgan fingerprint density at radius 1 is 1.30 bits per heavy atom. The summed E-state index contributed by atoms with van der Waals surface area (Å²) in [5.41, 5.74) is 0. The van der Waals surface area contributed by atoms with E-state index in [1.165, 1.54) is 19.1 Å². The lowest BCUT2D eigenvalue weighted by Crippen LogP contribution is -2.45. The van der Waals surface area contributed by atoms with E-state index in [1.54, 1.807) is 25.3 Å². The predicted molar refractivity (Wildman–Crippen MR) is 75.7 cm³/mol. The van der Waals surface area contributed by atoms with Crippen LogP contribution < -0.4 is 10.0 Å². The van der Waals surface area contributed by atoms with Crippen LogP contribution in [0.2, 0.25) is 0 Å². The number of ether oxygens (including phenoxy) is 1. The SMILES string of the molecule is COCCCNC(=O)[C@@H](C)NS(=O)(=O)c1ccccc1. The molecule has 1 aromatic carbocycles. The van der Waals surface area contributed by atoms with Crippen LogP contribution in [-0.4, -0.2) is 40.6 Å². The van der Waals surface area contributed by atoms with Gasteiger partial charge in [-0.15, -0.1) is 0 Å². The van der Waals surface area contributed by atoms with Crippen molar-refractivity contribution >= 4 is 15.9 Å². The molecule has 6 nitrogen and oxygen atoms in total. The highest BCUT2D eigenvalue weighted by molar-refractivity contribution is 7.89. The lowest BCUT2D eigenvalue weighted by Gasteiger charge is -2.14. The molecule has 0 aliphatic rings. The molecular formula is C13H20N2O4S. The quantitative estimate of drug-likeness (QED) is 0.685. The van der Waals surface area contributed by atoms with E-state index in [0.717, 1.165) is 0 Å². The third kappa shape index (κ3) is 5.28. The van der Waals surface area contributed by atoms with Gasteiger partial charge in [0.2, 0.25) is 15.9 Å². The molecule has 1 aromatic rings. The van der Waals surface area contributed by atoms with E-state index in [-0.39, 0.29) is 10.8 Å². The van der Waals surface area contributed by atoms with Crippen LogP contribution in [0, 0.1) is 0 Å². The first-order chi connectivity index (χ1) is 9.47. The van der Waals surface area contributed by atoms with Gasteiger partial charge in [0.05, 0.1) is 10.9 Å². The zero-order chi connectivity index (χ0) is 15.0. The number of nitrogens with one attached hydrogen (secondary N) is 2. The third-order valence-corrected chi connectivity index (χ3v) is 4.16. The monoisotopic (exact) mass is 300 g/mol. The van der Waals surface area contributed by atoms with Gasteiger partial charge in [-0.05, 0) is 25.5 Å². The summed E-state index contributed by atoms with van der Waals surface area (Å²) in [7, 11) is -2.09. The normalized spacial score (nSPS) is 12.9. The molecular weight excluding hydrogens is 280 g/mol. The van der Waals surface area contributed by atoms with Gasteiger partial charge in [-0.2, -0.15) is 4.72 Å². The summed E-state index contributed by atoms with van der Waals surface area (Å²) >= 11 is 0. The van der Waals surface area contributed by atoms with Crippen LogP contribution in [0.1, 0.15) is 13.3 Å². The first-order valence-corrected chi connectivity index (χ1v) is 7.79. The second kappa shape index (κ2) is 7.98. The van der Waals surface area contributed by atoms with Crippen LogP contribution in [0.3, 0.4) is 0 Å². The number of carbonyl (C=O) groups is 1. The van der Waals surface area contributed by atoms with E-state index in [0.29, 0.717) is 19.6 Å². The molecule has 0 bridgehead atoms. The van der Waals surface area contributed by atoms with Crippen molar-refractivity contribution < 1.29 is 17.9 Å². The minimum Gasteiger partial charge on any atom is -0.385 e. The maximum Gasteiger partial charge on any atom is 0.241 e. The van der Waals surface area contributed by atoms with E-state index in [9.17, 15) is 13.2 Å². The Kier molecular flexibility index (Phi) is 6.63. The van der Waals surface area contributed by atoms with Crippen LogP contribution in [0.5, 0.6) is 0 Å². The molecule has 0 radical (unpaired) electrons. The molecule has 1 rings (SSSR count). The number of sulfonamides is 1. The Morgan fingerprint density at radius 3 is 2.55 bits per heavy atom. The van der Waals surface area contributed by atoms with Crippen LogP contribution >= 0.6 is 0 Å². The summed E-state index contributed by atoms with van der Waals surface area (Å²) in [6, 6.07) is 7.11. The first-order valence-electron chi connectivity index (χ1n) is 6.31. The minimum atomic E-state index is -3.68. The fraction of sp³-hybridized carbons (Fsp3) is 0.462. The highest BCUT2D eigenvalue weighted by Gasteiger charge is 2.21. The van der Waals surface area contributed by atoms with Crippen LogP contribution in [0.15, 0.2) is 35.2 Å². The van der Waals surface area contributed by atoms with Gasteiger partial charge in [-0.25, -0.2) is 8.42 Å². The minimum absolute atomic E-state index is 0.138. The second-order valence-electron chi connectivity index (χ2n) is 4.29. The Hall–Kier alpha value is -1.44. The van der Waals surface area contributed by atoms with Gasteiger partial charge in [0, 0.05) is 20.3 Å². The van der Waals surface area contributed by atoms with E-state index in [1.807, 2.05) is 0 Å². The van der Waals surface area contributed by atoms with Gasteiger partial charge in [-0.1, -0.05) is 18.2 Å². The average molecular weight is 300 g/mol. The van der Waals surface area contributed by atoms with Gasteiger partial charge < -0.3 is 10.1 Å². The Morgan fingerprint density at radius 2 is 1.95 bits per heavy atom. The standard InChI is InChI=1S/C13H20N2O4S/c1-11(13(16)14-9-6-10-19-2)15-20(17,18)12-7-4-3-5-8-12/h3-5,7-8,11,15H,6,9-10H2,1-2H3,(H,14,16)/t11-/m1/s1. The molecule has 0 aliphatic heterocycles. The van der Waals surface area contributed by atoms with Crippen LogP contribution in [-0.2, 0) is 19.6 Å². The smallest absolute Gasteiger partial charge is 0.241 e. The summed E-state index contributed by atoms with van der Waals surface area (Å²) < 4.78 is 31.2. The molecule has 0 spiro atoms. The Bertz CT molecular complexity index is 516. The number of hydrogen-bond acceptors (Lipinski definition) is 4. The second-order valence-corrected chi connectivity index (χ2v) is 6.01. The fourth-order valence-corrected chi connectivity index (χ4v) is 2.76. The number of amides is 1. The van der Waals surface area contributed by atoms with Gasteiger partial charge in [0.25, 0.3) is 0 Å². The van der Waals surface area contributed by atoms with Gasteiger partial charge in [0.15, 0.2) is 0 Å². The van der Waals surface area contributed by atoms with Crippen molar-refractivity contribution in [3.63, 3.8) is 0 Å². The highest BCUT2D eigenvalue weighted by atomic mass is 32.2. The first kappa shape index (κ1) is 16.6. The molecule has 1 atom stereocenters. The molecule has 0 unspecified atom stereocenters. The lowest BCUT2D eigenvalue weighted by atomic mass is 10.3. The van der Waals surface area contributed by atoms with Crippen molar-refractivity contribution in [2.24, 2.45) is 0 Å². The van der Waals surface area contributed by atoms with E-state index in [2.05, 4.69) is 10.0 Å². The summed E-state index contributed by atoms with van der Waals surface area (Å²) in [6.07, 6.45) is 0.681. The molecule has 0 saturated carbocycles. The topological polar surface area (TPSA) is 84.5 Å². The zero-order valence-corrected chi connectivity index (χ0v) is 12.4. The molecule has 20 heavy (non-hydrogen) atoms. The summed E-state index contributed by atoms with van der Waals surface area (Å²) in [4.78, 5) is 11.9. The number of benzene rings is 1. The molecule has 0 heterocycles. The number of carbonyl (C=O) groups excluding carboxylic acids is 1. The highest BCUT2D eigenvalue weighted by Crippen LogP contribution is 2.07. The van der Waals surface area contributed by atoms with Crippen molar-refractivity contribution in [1.82, 2.24) is 10.0 Å². The van der Waals surface area contributed by atoms with Gasteiger partial charge in [0.1, 0.15) is 0 Å². The van der Waals surface area contributed by atoms with Gasteiger partial charge in [-0.3, -0.25) is 4.79 Å². The third-order valence-electron chi connectivity index (χ3n) is 2.60. The van der Waals surface area contributed by atoms with Crippen molar-refractivity contribution in [2.75, 3.05) is 20.3 Å². The maximum atomic E-state index is 12.0. The Balaban J connectivity index is 2.53. The fourth-order valence-electron chi connectivity index (χ4n) is 1.54. The Labute approximate surface area is 119 Å². The maximum absolute atomic E-state index is 12.0. The summed E-state index contributed by atoms with van der Waals surface area (Å²) in [5.74, 6) is -0.361. The number of methoxy groups -OCH3 is 1. The molecule has 0 aliphatic carbocycles. The summed E-state index contributed by atoms with van der Waals surface area (Å²) in [6.45, 7) is 2.50. The van der Waals surface area contributed by atoms with Crippen molar-refractivity contribution in [3.8, 4) is 0 Å². The number of hydrogen-bond donors (Lipinski definition) is 2. The molecule has 112 valence electrons. The molecule has 0 aromatic heterocycles. The largest absolute Gasteiger partial charge is 0.385 e.